The molecule has 1 aliphatic heterocycles. The molecule has 5 rings (SSSR count). The van der Waals surface area contributed by atoms with Gasteiger partial charge in [-0.25, -0.2) is 0 Å². The fourth-order valence-corrected chi connectivity index (χ4v) is 4.66. The van der Waals surface area contributed by atoms with E-state index in [1.807, 2.05) is 29.2 Å². The SMILES string of the molecule is COc1ccc(N2CCN(C(=O)Cc3nnc[nH]3)C(Cc3ccccc3)C2)cc1OC1CCC1. The van der Waals surface area contributed by atoms with Crippen molar-refractivity contribution in [2.24, 2.45) is 0 Å². The zero-order valence-electron chi connectivity index (χ0n) is 19.5. The number of hydrogen-bond donors (Lipinski definition) is 1. The number of piperazine rings is 1. The average Bonchev–Trinajstić information content (AvgIpc) is 3.35. The van der Waals surface area contributed by atoms with E-state index in [0.717, 1.165) is 49.5 Å². The molecular formula is C26H31N5O3. The van der Waals surface area contributed by atoms with Gasteiger partial charge < -0.3 is 24.3 Å². The van der Waals surface area contributed by atoms with Crippen LogP contribution in [0, 0.1) is 0 Å². The van der Waals surface area contributed by atoms with Gasteiger partial charge in [0, 0.05) is 31.4 Å². The first-order chi connectivity index (χ1) is 16.7. The lowest BCUT2D eigenvalue weighted by Crippen LogP contribution is -2.56. The molecule has 1 aliphatic carbocycles. The van der Waals surface area contributed by atoms with Crippen molar-refractivity contribution < 1.29 is 14.3 Å². The number of nitrogens with zero attached hydrogens (tertiary/aromatic N) is 4. The molecule has 8 nitrogen and oxygen atoms in total. The van der Waals surface area contributed by atoms with Gasteiger partial charge in [-0.2, -0.15) is 0 Å². The van der Waals surface area contributed by atoms with Crippen LogP contribution in [-0.4, -0.2) is 64.9 Å². The third-order valence-corrected chi connectivity index (χ3v) is 6.76. The minimum absolute atomic E-state index is 0.0460. The fraction of sp³-hybridized carbons (Fsp3) is 0.423. The molecule has 0 radical (unpaired) electrons. The summed E-state index contributed by atoms with van der Waals surface area (Å²) in [4.78, 5) is 20.5. The van der Waals surface area contributed by atoms with E-state index >= 15 is 0 Å². The van der Waals surface area contributed by atoms with E-state index in [1.54, 1.807) is 7.11 Å². The first-order valence-corrected chi connectivity index (χ1v) is 12.0. The van der Waals surface area contributed by atoms with Gasteiger partial charge in [0.1, 0.15) is 12.2 Å². The molecule has 1 atom stereocenters. The second-order valence-electron chi connectivity index (χ2n) is 8.99. The molecule has 1 aromatic heterocycles. The van der Waals surface area contributed by atoms with E-state index in [1.165, 1.54) is 18.3 Å². The van der Waals surface area contributed by atoms with Crippen molar-refractivity contribution in [1.82, 2.24) is 20.1 Å². The Morgan fingerprint density at radius 1 is 1.12 bits per heavy atom. The lowest BCUT2D eigenvalue weighted by molar-refractivity contribution is -0.133. The monoisotopic (exact) mass is 461 g/mol. The molecular weight excluding hydrogens is 430 g/mol. The Labute approximate surface area is 199 Å². The van der Waals surface area contributed by atoms with Crippen LogP contribution in [0.25, 0.3) is 0 Å². The predicted molar refractivity (Wildman–Crippen MR) is 129 cm³/mol. The summed E-state index contributed by atoms with van der Waals surface area (Å²) in [5, 5.41) is 7.80. The highest BCUT2D eigenvalue weighted by molar-refractivity contribution is 5.78. The zero-order valence-corrected chi connectivity index (χ0v) is 19.5. The second-order valence-corrected chi connectivity index (χ2v) is 8.99. The van der Waals surface area contributed by atoms with Gasteiger partial charge >= 0.3 is 0 Å². The van der Waals surface area contributed by atoms with Crippen molar-refractivity contribution in [1.29, 1.82) is 0 Å². The number of carbonyl (C=O) groups is 1. The first kappa shape index (κ1) is 22.3. The maximum Gasteiger partial charge on any atom is 0.230 e. The van der Waals surface area contributed by atoms with Gasteiger partial charge in [0.25, 0.3) is 0 Å². The van der Waals surface area contributed by atoms with Crippen LogP contribution in [0.1, 0.15) is 30.7 Å². The molecule has 2 aromatic carbocycles. The summed E-state index contributed by atoms with van der Waals surface area (Å²) >= 11 is 0. The smallest absolute Gasteiger partial charge is 0.230 e. The molecule has 2 aliphatic rings. The number of carbonyl (C=O) groups excluding carboxylic acids is 1. The minimum Gasteiger partial charge on any atom is -0.493 e. The Kier molecular flexibility index (Phi) is 6.65. The average molecular weight is 462 g/mol. The summed E-state index contributed by atoms with van der Waals surface area (Å²) in [5.74, 6) is 2.23. The summed E-state index contributed by atoms with van der Waals surface area (Å²) in [6, 6.07) is 16.5. The maximum atomic E-state index is 13.2. The molecule has 2 heterocycles. The molecule has 0 bridgehead atoms. The van der Waals surface area contributed by atoms with Crippen LogP contribution >= 0.6 is 0 Å². The topological polar surface area (TPSA) is 83.6 Å². The number of aromatic amines is 1. The number of nitrogens with one attached hydrogen (secondary N) is 1. The number of aromatic nitrogens is 3. The number of hydrogen-bond acceptors (Lipinski definition) is 6. The van der Waals surface area contributed by atoms with Crippen molar-refractivity contribution in [2.45, 2.75) is 44.2 Å². The highest BCUT2D eigenvalue weighted by atomic mass is 16.5. The summed E-state index contributed by atoms with van der Waals surface area (Å²) in [6.07, 6.45) is 6.22. The van der Waals surface area contributed by atoms with E-state index in [0.29, 0.717) is 12.4 Å². The van der Waals surface area contributed by atoms with Crippen LogP contribution in [0.2, 0.25) is 0 Å². The summed E-state index contributed by atoms with van der Waals surface area (Å²) in [7, 11) is 1.68. The number of anilines is 1. The van der Waals surface area contributed by atoms with Crippen LogP contribution in [0.15, 0.2) is 54.9 Å². The Balaban J connectivity index is 1.35. The quantitative estimate of drug-likeness (QED) is 0.555. The number of rotatable bonds is 8. The van der Waals surface area contributed by atoms with E-state index in [2.05, 4.69) is 44.3 Å². The number of amides is 1. The highest BCUT2D eigenvalue weighted by Gasteiger charge is 2.31. The molecule has 3 aromatic rings. The first-order valence-electron chi connectivity index (χ1n) is 12.0. The van der Waals surface area contributed by atoms with Gasteiger partial charge in [-0.1, -0.05) is 30.3 Å². The van der Waals surface area contributed by atoms with Gasteiger partial charge in [0.15, 0.2) is 11.5 Å². The summed E-state index contributed by atoms with van der Waals surface area (Å²) in [6.45, 7) is 2.14. The summed E-state index contributed by atoms with van der Waals surface area (Å²) < 4.78 is 11.8. The van der Waals surface area contributed by atoms with E-state index < -0.39 is 0 Å². The van der Waals surface area contributed by atoms with Crippen molar-refractivity contribution in [3.63, 3.8) is 0 Å². The molecule has 2 fully saturated rings. The molecule has 1 unspecified atom stereocenters. The lowest BCUT2D eigenvalue weighted by Gasteiger charge is -2.43. The predicted octanol–water partition coefficient (Wildman–Crippen LogP) is 3.25. The number of benzene rings is 2. The van der Waals surface area contributed by atoms with Crippen molar-refractivity contribution >= 4 is 11.6 Å². The van der Waals surface area contributed by atoms with E-state index in [4.69, 9.17) is 9.47 Å². The summed E-state index contributed by atoms with van der Waals surface area (Å²) in [5.41, 5.74) is 2.31. The largest absolute Gasteiger partial charge is 0.493 e. The van der Waals surface area contributed by atoms with Crippen molar-refractivity contribution in [3.05, 3.63) is 66.2 Å². The standard InChI is InChI=1S/C26H31N5O3/c1-33-23-11-10-20(15-24(23)34-22-8-5-9-22)30-12-13-31(26(32)16-25-27-18-28-29-25)21(17-30)14-19-6-3-2-4-7-19/h2-4,6-7,10-11,15,18,21-22H,5,8-9,12-14,16-17H2,1H3,(H,27,28,29). The molecule has 1 saturated heterocycles. The number of ether oxygens (including phenoxy) is 2. The third kappa shape index (κ3) is 5.00. The highest BCUT2D eigenvalue weighted by Crippen LogP contribution is 2.36. The van der Waals surface area contributed by atoms with Gasteiger partial charge in [0.05, 0.1) is 25.7 Å². The van der Waals surface area contributed by atoms with Gasteiger partial charge in [-0.05, 0) is 43.4 Å². The maximum absolute atomic E-state index is 13.2. The minimum atomic E-state index is 0.0460. The molecule has 1 amide bonds. The third-order valence-electron chi connectivity index (χ3n) is 6.76. The van der Waals surface area contributed by atoms with Crippen molar-refractivity contribution in [3.8, 4) is 11.5 Å². The Morgan fingerprint density at radius 2 is 1.97 bits per heavy atom. The van der Waals surface area contributed by atoms with Gasteiger partial charge in [-0.3, -0.25) is 4.79 Å². The van der Waals surface area contributed by atoms with E-state index in [9.17, 15) is 4.79 Å². The Bertz CT molecular complexity index is 1090. The molecule has 1 N–H and O–H groups in total. The van der Waals surface area contributed by atoms with Crippen LogP contribution < -0.4 is 14.4 Å². The van der Waals surface area contributed by atoms with Crippen LogP contribution in [0.5, 0.6) is 11.5 Å². The number of H-pyrrole nitrogens is 1. The Hall–Kier alpha value is -3.55. The fourth-order valence-electron chi connectivity index (χ4n) is 4.66. The number of methoxy groups -OCH3 is 1. The molecule has 8 heteroatoms. The molecule has 34 heavy (non-hydrogen) atoms. The van der Waals surface area contributed by atoms with Crippen LogP contribution in [0.3, 0.4) is 0 Å². The second kappa shape index (κ2) is 10.2. The zero-order chi connectivity index (χ0) is 23.3. The van der Waals surface area contributed by atoms with Gasteiger partial charge in [-0.15, -0.1) is 10.2 Å². The Morgan fingerprint density at radius 3 is 2.68 bits per heavy atom. The molecule has 178 valence electrons. The van der Waals surface area contributed by atoms with Crippen LogP contribution in [-0.2, 0) is 17.6 Å². The molecule has 1 saturated carbocycles. The van der Waals surface area contributed by atoms with E-state index in [-0.39, 0.29) is 24.5 Å². The van der Waals surface area contributed by atoms with Crippen LogP contribution in [0.4, 0.5) is 5.69 Å². The normalized spacial score (nSPS) is 18.4. The molecule has 0 spiro atoms. The lowest BCUT2D eigenvalue weighted by atomic mass is 9.96. The van der Waals surface area contributed by atoms with Crippen molar-refractivity contribution in [2.75, 3.05) is 31.6 Å². The van der Waals surface area contributed by atoms with Gasteiger partial charge in [0.2, 0.25) is 5.91 Å².